The molecule has 0 saturated heterocycles. The first kappa shape index (κ1) is 18.1. The van der Waals surface area contributed by atoms with Crippen molar-refractivity contribution < 1.29 is 17.3 Å². The van der Waals surface area contributed by atoms with Gasteiger partial charge >= 0.3 is 0 Å². The molecule has 0 radical (unpaired) electrons. The van der Waals surface area contributed by atoms with Crippen molar-refractivity contribution in [3.63, 3.8) is 0 Å². The average Bonchev–Trinajstić information content (AvgIpc) is 2.66. The van der Waals surface area contributed by atoms with Crippen LogP contribution in [0.15, 0.2) is 73.1 Å². The van der Waals surface area contributed by atoms with Gasteiger partial charge in [-0.05, 0) is 46.5 Å². The van der Waals surface area contributed by atoms with Crippen LogP contribution in [0.4, 0.5) is 0 Å². The van der Waals surface area contributed by atoms with Gasteiger partial charge in [0.15, 0.2) is 0 Å². The summed E-state index contributed by atoms with van der Waals surface area (Å²) in [6, 6.07) is 18.8. The number of methoxy groups -OCH3 is 1. The molecule has 1 unspecified atom stereocenters. The van der Waals surface area contributed by atoms with Crippen LogP contribution in [0.3, 0.4) is 0 Å². The summed E-state index contributed by atoms with van der Waals surface area (Å²) in [5, 5.41) is 0. The second kappa shape index (κ2) is 7.68. The van der Waals surface area contributed by atoms with E-state index in [1.54, 1.807) is 31.6 Å². The predicted molar refractivity (Wildman–Crippen MR) is 100 cm³/mol. The summed E-state index contributed by atoms with van der Waals surface area (Å²) in [4.78, 5) is 3.97. The number of pyridine rings is 1. The SMILES string of the molecule is COc1cccc(-c2ccc(C(OS(C)(=O)=O)c3ccncc3)cc2)c1. The Morgan fingerprint density at radius 2 is 1.54 bits per heavy atom. The molecule has 3 aromatic rings. The second-order valence-corrected chi connectivity index (χ2v) is 7.42. The van der Waals surface area contributed by atoms with Gasteiger partial charge in [-0.25, -0.2) is 0 Å². The molecule has 6 heteroatoms. The van der Waals surface area contributed by atoms with E-state index in [0.717, 1.165) is 34.3 Å². The average molecular weight is 369 g/mol. The fraction of sp³-hybridized carbons (Fsp3) is 0.150. The molecule has 0 amide bonds. The maximum Gasteiger partial charge on any atom is 0.265 e. The highest BCUT2D eigenvalue weighted by Gasteiger charge is 2.20. The number of aromatic nitrogens is 1. The molecule has 0 aliphatic rings. The molecule has 0 spiro atoms. The zero-order chi connectivity index (χ0) is 18.6. The quantitative estimate of drug-likeness (QED) is 0.618. The van der Waals surface area contributed by atoms with Crippen molar-refractivity contribution in [3.8, 4) is 16.9 Å². The van der Waals surface area contributed by atoms with E-state index >= 15 is 0 Å². The molecule has 0 bridgehead atoms. The van der Waals surface area contributed by atoms with Gasteiger partial charge in [0.25, 0.3) is 10.1 Å². The summed E-state index contributed by atoms with van der Waals surface area (Å²) in [7, 11) is -2.00. The number of hydrogen-bond acceptors (Lipinski definition) is 5. The molecule has 134 valence electrons. The van der Waals surface area contributed by atoms with Gasteiger partial charge in [0.1, 0.15) is 11.9 Å². The lowest BCUT2D eigenvalue weighted by Gasteiger charge is -2.17. The molecule has 1 aromatic heterocycles. The number of rotatable bonds is 6. The first-order chi connectivity index (χ1) is 12.5. The molecule has 26 heavy (non-hydrogen) atoms. The summed E-state index contributed by atoms with van der Waals surface area (Å²) in [6.45, 7) is 0. The van der Waals surface area contributed by atoms with E-state index in [1.807, 2.05) is 48.5 Å². The summed E-state index contributed by atoms with van der Waals surface area (Å²) in [5.41, 5.74) is 3.48. The Labute approximate surface area is 153 Å². The Hall–Kier alpha value is -2.70. The van der Waals surface area contributed by atoms with Crippen molar-refractivity contribution in [1.82, 2.24) is 4.98 Å². The molecule has 0 aliphatic heterocycles. The minimum absolute atomic E-state index is 0.715. The Morgan fingerprint density at radius 3 is 2.15 bits per heavy atom. The van der Waals surface area contributed by atoms with Crippen molar-refractivity contribution in [1.29, 1.82) is 0 Å². The van der Waals surface area contributed by atoms with Gasteiger partial charge < -0.3 is 4.74 Å². The van der Waals surface area contributed by atoms with Crippen LogP contribution in [0.5, 0.6) is 5.75 Å². The number of hydrogen-bond donors (Lipinski definition) is 0. The standard InChI is InChI=1S/C20H19NO4S/c1-24-19-5-3-4-18(14-19)15-6-8-16(9-7-15)20(25-26(2,22)23)17-10-12-21-13-11-17/h3-14,20H,1-2H3. The summed E-state index contributed by atoms with van der Waals surface area (Å²) >= 11 is 0. The fourth-order valence-electron chi connectivity index (χ4n) is 2.67. The second-order valence-electron chi connectivity index (χ2n) is 5.81. The van der Waals surface area contributed by atoms with E-state index < -0.39 is 16.2 Å². The van der Waals surface area contributed by atoms with Gasteiger partial charge in [0.2, 0.25) is 0 Å². The van der Waals surface area contributed by atoms with Crippen LogP contribution >= 0.6 is 0 Å². The monoisotopic (exact) mass is 369 g/mol. The van der Waals surface area contributed by atoms with Gasteiger partial charge in [-0.15, -0.1) is 0 Å². The first-order valence-corrected chi connectivity index (χ1v) is 9.80. The smallest absolute Gasteiger partial charge is 0.265 e. The van der Waals surface area contributed by atoms with Crippen LogP contribution in [0, 0.1) is 0 Å². The summed E-state index contributed by atoms with van der Waals surface area (Å²) < 4.78 is 34.0. The number of ether oxygens (including phenoxy) is 1. The summed E-state index contributed by atoms with van der Waals surface area (Å²) in [5.74, 6) is 0.779. The van der Waals surface area contributed by atoms with E-state index in [4.69, 9.17) is 8.92 Å². The van der Waals surface area contributed by atoms with Crippen molar-refractivity contribution in [2.75, 3.05) is 13.4 Å². The van der Waals surface area contributed by atoms with Gasteiger partial charge in [0.05, 0.1) is 13.4 Å². The molecule has 0 N–H and O–H groups in total. The zero-order valence-corrected chi connectivity index (χ0v) is 15.3. The molecule has 0 aliphatic carbocycles. The van der Waals surface area contributed by atoms with E-state index in [2.05, 4.69) is 4.98 Å². The molecule has 3 rings (SSSR count). The third-order valence-corrected chi connectivity index (χ3v) is 4.44. The maximum absolute atomic E-state index is 11.7. The van der Waals surface area contributed by atoms with E-state index in [9.17, 15) is 8.42 Å². The molecular formula is C20H19NO4S. The molecule has 0 fully saturated rings. The third-order valence-electron chi connectivity index (χ3n) is 3.90. The lowest BCUT2D eigenvalue weighted by molar-refractivity contribution is 0.256. The largest absolute Gasteiger partial charge is 0.497 e. The van der Waals surface area contributed by atoms with Gasteiger partial charge in [0, 0.05) is 12.4 Å². The van der Waals surface area contributed by atoms with Crippen LogP contribution in [-0.2, 0) is 14.3 Å². The topological polar surface area (TPSA) is 65.5 Å². The van der Waals surface area contributed by atoms with Gasteiger partial charge in [-0.2, -0.15) is 8.42 Å². The molecule has 2 aromatic carbocycles. The number of nitrogens with zero attached hydrogens (tertiary/aromatic N) is 1. The molecular weight excluding hydrogens is 350 g/mol. The lowest BCUT2D eigenvalue weighted by atomic mass is 9.99. The summed E-state index contributed by atoms with van der Waals surface area (Å²) in [6.07, 6.45) is 3.55. The maximum atomic E-state index is 11.7. The third kappa shape index (κ3) is 4.47. The van der Waals surface area contributed by atoms with E-state index in [1.165, 1.54) is 0 Å². The Balaban J connectivity index is 1.95. The molecule has 5 nitrogen and oxygen atoms in total. The van der Waals surface area contributed by atoms with Crippen molar-refractivity contribution >= 4 is 10.1 Å². The van der Waals surface area contributed by atoms with Crippen LogP contribution in [0.25, 0.3) is 11.1 Å². The zero-order valence-electron chi connectivity index (χ0n) is 14.5. The Kier molecular flexibility index (Phi) is 5.35. The Morgan fingerprint density at radius 1 is 0.885 bits per heavy atom. The highest BCUT2D eigenvalue weighted by atomic mass is 32.2. The minimum Gasteiger partial charge on any atom is -0.497 e. The van der Waals surface area contributed by atoms with Gasteiger partial charge in [-0.3, -0.25) is 9.17 Å². The molecule has 0 saturated carbocycles. The molecule has 1 heterocycles. The fourth-order valence-corrected chi connectivity index (χ4v) is 3.24. The predicted octanol–water partition coefficient (Wildman–Crippen LogP) is 3.82. The number of benzene rings is 2. The van der Waals surface area contributed by atoms with Crippen LogP contribution in [-0.4, -0.2) is 26.8 Å². The van der Waals surface area contributed by atoms with Crippen molar-refractivity contribution in [2.24, 2.45) is 0 Å². The highest BCUT2D eigenvalue weighted by Crippen LogP contribution is 2.30. The van der Waals surface area contributed by atoms with Crippen molar-refractivity contribution in [2.45, 2.75) is 6.10 Å². The van der Waals surface area contributed by atoms with E-state index in [0.29, 0.717) is 0 Å². The molecule has 1 atom stereocenters. The van der Waals surface area contributed by atoms with E-state index in [-0.39, 0.29) is 0 Å². The Bertz CT molecular complexity index is 970. The lowest BCUT2D eigenvalue weighted by Crippen LogP contribution is -2.12. The van der Waals surface area contributed by atoms with Crippen LogP contribution in [0.1, 0.15) is 17.2 Å². The van der Waals surface area contributed by atoms with Crippen LogP contribution < -0.4 is 4.74 Å². The van der Waals surface area contributed by atoms with Crippen LogP contribution in [0.2, 0.25) is 0 Å². The van der Waals surface area contributed by atoms with Crippen molar-refractivity contribution in [3.05, 3.63) is 84.2 Å². The highest BCUT2D eigenvalue weighted by molar-refractivity contribution is 7.86. The van der Waals surface area contributed by atoms with Gasteiger partial charge in [-0.1, -0.05) is 36.4 Å². The minimum atomic E-state index is -3.63. The first-order valence-electron chi connectivity index (χ1n) is 7.99. The normalized spacial score (nSPS) is 12.5.